The number of nitrogens with zero attached hydrogens (tertiary/aromatic N) is 2. The first-order chi connectivity index (χ1) is 16.1. The van der Waals surface area contributed by atoms with Crippen LogP contribution in [0.2, 0.25) is 0 Å². The Bertz CT molecular complexity index is 1250. The quantitative estimate of drug-likeness (QED) is 0.587. The molecule has 7 rings (SSSR count). The molecule has 6 nitrogen and oxygen atoms in total. The van der Waals surface area contributed by atoms with E-state index in [1.807, 2.05) is 18.2 Å². The fourth-order valence-electron chi connectivity index (χ4n) is 7.22. The van der Waals surface area contributed by atoms with Crippen LogP contribution in [0.4, 0.5) is 0 Å². The minimum Gasteiger partial charge on any atom is -0.504 e. The molecular formula is C27H24N2O4. The average Bonchev–Trinajstić information content (AvgIpc) is 3.30. The normalized spacial score (nSPS) is 33.0. The van der Waals surface area contributed by atoms with Gasteiger partial charge in [-0.2, -0.15) is 0 Å². The maximum atomic E-state index is 13.4. The molecule has 0 aromatic heterocycles. The van der Waals surface area contributed by atoms with Gasteiger partial charge in [-0.25, -0.2) is 0 Å². The molecule has 2 bridgehead atoms. The lowest BCUT2D eigenvalue weighted by atomic mass is 9.53. The van der Waals surface area contributed by atoms with E-state index in [1.54, 1.807) is 30.3 Å². The number of carbonyl (C=O) groups excluding carboxylic acids is 2. The molecule has 1 fully saturated rings. The number of benzene rings is 2. The van der Waals surface area contributed by atoms with Crippen LogP contribution in [0.5, 0.6) is 11.5 Å². The van der Waals surface area contributed by atoms with Crippen LogP contribution < -0.4 is 4.74 Å². The lowest BCUT2D eigenvalue weighted by Gasteiger charge is -2.58. The van der Waals surface area contributed by atoms with Gasteiger partial charge in [0.05, 0.1) is 17.2 Å². The zero-order valence-corrected chi connectivity index (χ0v) is 18.1. The van der Waals surface area contributed by atoms with Gasteiger partial charge >= 0.3 is 0 Å². The number of hydrogen-bond acceptors (Lipinski definition) is 5. The van der Waals surface area contributed by atoms with Gasteiger partial charge in [-0.05, 0) is 43.1 Å². The Morgan fingerprint density at radius 3 is 2.61 bits per heavy atom. The summed E-state index contributed by atoms with van der Waals surface area (Å²) in [5.41, 5.74) is 2.78. The van der Waals surface area contributed by atoms with E-state index >= 15 is 0 Å². The Morgan fingerprint density at radius 2 is 1.88 bits per heavy atom. The van der Waals surface area contributed by atoms with E-state index in [0.29, 0.717) is 16.9 Å². The standard InChI is InChI=1S/C27H24N2O4/c1-2-12-28-13-11-27-18-8-9-19(29-25(31)16-5-3-4-6-17(16)26(29)32)24(27)33-23-21(30)10-7-15(22(23)27)14-20(18)28/h2-10,18-20,24,30H,1,11-14H2/t18-,19+,20+,24-,27-/m0/s1. The molecule has 5 atom stereocenters. The van der Waals surface area contributed by atoms with E-state index in [1.165, 1.54) is 10.5 Å². The van der Waals surface area contributed by atoms with Gasteiger partial charge in [-0.3, -0.25) is 19.4 Å². The van der Waals surface area contributed by atoms with Gasteiger partial charge in [0.25, 0.3) is 11.8 Å². The number of hydrogen-bond donors (Lipinski definition) is 1. The third-order valence-corrected chi connectivity index (χ3v) is 8.47. The SMILES string of the molecule is C=CCN1CC[C@]23c4c5ccc(O)c4O[C@H]2[C@H](N2C(=O)c4ccccc4C2=O)C=C[C@H]3[C@H]1C5. The van der Waals surface area contributed by atoms with Crippen molar-refractivity contribution in [3.05, 3.63) is 83.5 Å². The summed E-state index contributed by atoms with van der Waals surface area (Å²) in [6.07, 6.45) is 7.43. The number of imide groups is 1. The molecule has 166 valence electrons. The molecule has 2 amide bonds. The lowest BCUT2D eigenvalue weighted by Crippen LogP contribution is -2.67. The monoisotopic (exact) mass is 440 g/mol. The molecule has 0 radical (unpaired) electrons. The fraction of sp³-hybridized carbons (Fsp3) is 0.333. The number of rotatable bonds is 3. The van der Waals surface area contributed by atoms with Crippen molar-refractivity contribution in [2.75, 3.05) is 13.1 Å². The summed E-state index contributed by atoms with van der Waals surface area (Å²) < 4.78 is 6.54. The van der Waals surface area contributed by atoms with E-state index in [0.717, 1.165) is 31.5 Å². The van der Waals surface area contributed by atoms with Crippen LogP contribution in [-0.4, -0.2) is 58.0 Å². The molecule has 0 saturated carbocycles. The zero-order chi connectivity index (χ0) is 22.5. The molecule has 0 unspecified atom stereocenters. The van der Waals surface area contributed by atoms with Crippen molar-refractivity contribution >= 4 is 11.8 Å². The first kappa shape index (κ1) is 19.1. The van der Waals surface area contributed by atoms with Crippen molar-refractivity contribution in [3.8, 4) is 11.5 Å². The van der Waals surface area contributed by atoms with Crippen LogP contribution in [0.25, 0.3) is 0 Å². The van der Waals surface area contributed by atoms with Crippen LogP contribution in [0.15, 0.2) is 61.2 Å². The van der Waals surface area contributed by atoms with Gasteiger partial charge in [0.15, 0.2) is 11.5 Å². The molecular weight excluding hydrogens is 416 g/mol. The largest absolute Gasteiger partial charge is 0.504 e. The number of ether oxygens (including phenoxy) is 1. The van der Waals surface area contributed by atoms with Crippen LogP contribution in [0, 0.1) is 5.92 Å². The molecule has 3 heterocycles. The summed E-state index contributed by atoms with van der Waals surface area (Å²) in [4.78, 5) is 30.6. The first-order valence-electron chi connectivity index (χ1n) is 11.6. The number of piperidine rings is 1. The minimum atomic E-state index is -0.530. The van der Waals surface area contributed by atoms with Crippen LogP contribution in [0.3, 0.4) is 0 Å². The Kier molecular flexibility index (Phi) is 3.68. The number of carbonyl (C=O) groups is 2. The second kappa shape index (κ2) is 6.35. The molecule has 6 heteroatoms. The van der Waals surface area contributed by atoms with Crippen molar-refractivity contribution in [1.82, 2.24) is 9.80 Å². The van der Waals surface area contributed by atoms with Crippen LogP contribution in [-0.2, 0) is 11.8 Å². The highest BCUT2D eigenvalue weighted by Crippen LogP contribution is 2.63. The number of likely N-dealkylation sites (tertiary alicyclic amines) is 1. The Morgan fingerprint density at radius 1 is 1.12 bits per heavy atom. The number of phenols is 1. The van der Waals surface area contributed by atoms with Crippen LogP contribution >= 0.6 is 0 Å². The number of fused-ring (bicyclic) bond motifs is 1. The molecule has 33 heavy (non-hydrogen) atoms. The molecule has 3 aliphatic heterocycles. The molecule has 2 aromatic rings. The summed E-state index contributed by atoms with van der Waals surface area (Å²) in [5.74, 6) is 0.284. The number of aromatic hydroxyl groups is 1. The highest BCUT2D eigenvalue weighted by atomic mass is 16.5. The fourth-order valence-corrected chi connectivity index (χ4v) is 7.22. The summed E-state index contributed by atoms with van der Waals surface area (Å²) in [6, 6.07) is 10.5. The summed E-state index contributed by atoms with van der Waals surface area (Å²) in [6.45, 7) is 5.64. The second-order valence-corrected chi connectivity index (χ2v) is 9.76. The zero-order valence-electron chi connectivity index (χ0n) is 18.1. The van der Waals surface area contributed by atoms with Crippen LogP contribution in [0.1, 0.15) is 38.3 Å². The lowest BCUT2D eigenvalue weighted by molar-refractivity contribution is -0.0283. The highest BCUT2D eigenvalue weighted by molar-refractivity contribution is 6.21. The van der Waals surface area contributed by atoms with E-state index in [-0.39, 0.29) is 34.9 Å². The third kappa shape index (κ3) is 2.17. The maximum absolute atomic E-state index is 13.4. The maximum Gasteiger partial charge on any atom is 0.262 e. The number of amides is 2. The van der Waals surface area contributed by atoms with Gasteiger partial charge < -0.3 is 9.84 Å². The smallest absolute Gasteiger partial charge is 0.262 e. The minimum absolute atomic E-state index is 0.129. The first-order valence-corrected chi connectivity index (χ1v) is 11.6. The van der Waals surface area contributed by atoms with Crippen molar-refractivity contribution in [1.29, 1.82) is 0 Å². The van der Waals surface area contributed by atoms with Gasteiger partial charge in [0.1, 0.15) is 6.10 Å². The molecule has 2 aromatic carbocycles. The van der Waals surface area contributed by atoms with Crippen molar-refractivity contribution < 1.29 is 19.4 Å². The van der Waals surface area contributed by atoms with E-state index < -0.39 is 12.1 Å². The Labute approximate surface area is 191 Å². The predicted octanol–water partition coefficient (Wildman–Crippen LogP) is 3.06. The Balaban J connectivity index is 1.40. The van der Waals surface area contributed by atoms with Gasteiger partial charge in [-0.1, -0.05) is 36.4 Å². The van der Waals surface area contributed by atoms with E-state index in [4.69, 9.17) is 4.74 Å². The summed E-state index contributed by atoms with van der Waals surface area (Å²) in [5, 5.41) is 10.7. The summed E-state index contributed by atoms with van der Waals surface area (Å²) in [7, 11) is 0. The average molecular weight is 440 g/mol. The van der Waals surface area contributed by atoms with E-state index in [9.17, 15) is 14.7 Å². The molecule has 5 aliphatic rings. The van der Waals surface area contributed by atoms with Crippen molar-refractivity contribution in [2.24, 2.45) is 5.92 Å². The molecule has 1 N–H and O–H groups in total. The predicted molar refractivity (Wildman–Crippen MR) is 121 cm³/mol. The third-order valence-electron chi connectivity index (χ3n) is 8.47. The van der Waals surface area contributed by atoms with Gasteiger partial charge in [-0.15, -0.1) is 6.58 Å². The number of phenolic OH excluding ortho intramolecular Hbond substituents is 1. The van der Waals surface area contributed by atoms with Gasteiger partial charge in [0.2, 0.25) is 0 Å². The summed E-state index contributed by atoms with van der Waals surface area (Å²) >= 11 is 0. The van der Waals surface area contributed by atoms with E-state index in [2.05, 4.69) is 17.6 Å². The second-order valence-electron chi connectivity index (χ2n) is 9.76. The van der Waals surface area contributed by atoms with Crippen molar-refractivity contribution in [2.45, 2.75) is 36.4 Å². The topological polar surface area (TPSA) is 70.1 Å². The highest BCUT2D eigenvalue weighted by Gasteiger charge is 2.66. The molecule has 1 spiro atoms. The molecule has 1 saturated heterocycles. The van der Waals surface area contributed by atoms with Crippen molar-refractivity contribution in [3.63, 3.8) is 0 Å². The van der Waals surface area contributed by atoms with Gasteiger partial charge in [0, 0.05) is 29.5 Å². The molecule has 2 aliphatic carbocycles. The Hall–Kier alpha value is -3.38.